The molecule has 0 N–H and O–H groups in total. The lowest BCUT2D eigenvalue weighted by molar-refractivity contribution is -0.167. The number of carbonyl (C=O) groups excluding carboxylic acids is 3. The van der Waals surface area contributed by atoms with Crippen LogP contribution >= 0.6 is 0 Å². The Hall–Kier alpha value is -3.41. The van der Waals surface area contributed by atoms with Gasteiger partial charge in [-0.2, -0.15) is 0 Å². The van der Waals surface area contributed by atoms with Crippen molar-refractivity contribution in [3.8, 4) is 0 Å². The number of ether oxygens (including phenoxy) is 3. The SMILES string of the molecule is CC\C=C/C=C\C=C/C=C\C=C/CCCCCC(=O)OC(COC(=O)CCCCC/C=C\C=C/CCCCCCCCC)COC(=O)CCCCCCCCCCCCCC. The summed E-state index contributed by atoms with van der Waals surface area (Å²) in [6.07, 6.45) is 62.8. The Morgan fingerprint density at radius 2 is 0.639 bits per heavy atom. The predicted molar refractivity (Wildman–Crippen MR) is 261 cm³/mol. The molecule has 6 nitrogen and oxygen atoms in total. The fourth-order valence-electron chi connectivity index (χ4n) is 6.75. The number of hydrogen-bond acceptors (Lipinski definition) is 6. The van der Waals surface area contributed by atoms with E-state index < -0.39 is 6.10 Å². The second-order valence-electron chi connectivity index (χ2n) is 16.5. The second-order valence-corrected chi connectivity index (χ2v) is 16.5. The zero-order valence-electron chi connectivity index (χ0n) is 39.7. The van der Waals surface area contributed by atoms with Crippen LogP contribution in [-0.4, -0.2) is 37.2 Å². The topological polar surface area (TPSA) is 78.9 Å². The minimum atomic E-state index is -0.807. The van der Waals surface area contributed by atoms with Gasteiger partial charge < -0.3 is 14.2 Å². The average Bonchev–Trinajstić information content (AvgIpc) is 3.26. The Labute approximate surface area is 375 Å². The first kappa shape index (κ1) is 57.6. The molecule has 0 fully saturated rings. The van der Waals surface area contributed by atoms with Crippen molar-refractivity contribution in [1.29, 1.82) is 0 Å². The van der Waals surface area contributed by atoms with E-state index in [1.54, 1.807) is 0 Å². The molecule has 0 aliphatic rings. The number of rotatable bonds is 44. The molecule has 0 amide bonds. The summed E-state index contributed by atoms with van der Waals surface area (Å²) in [5, 5.41) is 0. The fourth-order valence-corrected chi connectivity index (χ4v) is 6.75. The van der Waals surface area contributed by atoms with Crippen LogP contribution in [0.25, 0.3) is 0 Å². The van der Waals surface area contributed by atoms with Crippen LogP contribution in [0.4, 0.5) is 0 Å². The van der Waals surface area contributed by atoms with Gasteiger partial charge in [0.2, 0.25) is 0 Å². The molecule has 1 unspecified atom stereocenters. The first-order valence-corrected chi connectivity index (χ1v) is 25.2. The van der Waals surface area contributed by atoms with Gasteiger partial charge in [0.15, 0.2) is 6.10 Å². The molecule has 0 saturated carbocycles. The lowest BCUT2D eigenvalue weighted by atomic mass is 10.0. The van der Waals surface area contributed by atoms with Crippen LogP contribution in [0.1, 0.15) is 226 Å². The minimum absolute atomic E-state index is 0.102. The van der Waals surface area contributed by atoms with Gasteiger partial charge in [-0.1, -0.05) is 228 Å². The molecule has 0 saturated heterocycles. The molecule has 0 aliphatic carbocycles. The van der Waals surface area contributed by atoms with Crippen molar-refractivity contribution in [2.24, 2.45) is 0 Å². The van der Waals surface area contributed by atoms with Crippen LogP contribution in [0.5, 0.6) is 0 Å². The maximum atomic E-state index is 12.8. The first-order valence-electron chi connectivity index (χ1n) is 25.2. The number of carbonyl (C=O) groups is 3. The van der Waals surface area contributed by atoms with Gasteiger partial charge in [-0.3, -0.25) is 14.4 Å². The number of esters is 3. The molecule has 0 radical (unpaired) electrons. The van der Waals surface area contributed by atoms with Crippen molar-refractivity contribution in [2.75, 3.05) is 13.2 Å². The number of unbranched alkanes of at least 4 members (excludes halogenated alkanes) is 24. The van der Waals surface area contributed by atoms with E-state index in [0.29, 0.717) is 19.3 Å². The van der Waals surface area contributed by atoms with Crippen LogP contribution in [-0.2, 0) is 28.6 Å². The smallest absolute Gasteiger partial charge is 0.306 e. The standard InChI is InChI=1S/C55H92O6/c1-4-7-10-13-16-19-22-25-27-29-30-33-36-39-42-45-48-54(57)60-51-52(50-59-53(56)47-44-41-38-35-32-24-21-18-15-12-9-6-3)61-55(58)49-46-43-40-37-34-31-28-26-23-20-17-14-11-8-5-2/h8,11,14,17,20,23,26-31,33-34,52H,4-7,9-10,12-13,15-16,18-19,21-22,24-25,32,35-51H2,1-3H3/b11-8-,17-14-,23-20-,28-26-,29-27-,33-30-,34-31-. The van der Waals surface area contributed by atoms with E-state index >= 15 is 0 Å². The van der Waals surface area contributed by atoms with Gasteiger partial charge in [0.05, 0.1) is 0 Å². The molecule has 0 spiro atoms. The highest BCUT2D eigenvalue weighted by Crippen LogP contribution is 2.14. The van der Waals surface area contributed by atoms with E-state index in [2.05, 4.69) is 57.2 Å². The summed E-state index contributed by atoms with van der Waals surface area (Å²) in [7, 11) is 0. The van der Waals surface area contributed by atoms with Gasteiger partial charge in [-0.05, 0) is 64.2 Å². The summed E-state index contributed by atoms with van der Waals surface area (Å²) in [6.45, 7) is 6.42. The second kappa shape index (κ2) is 49.2. The van der Waals surface area contributed by atoms with Crippen molar-refractivity contribution < 1.29 is 28.6 Å². The van der Waals surface area contributed by atoms with E-state index in [-0.39, 0.29) is 37.5 Å². The van der Waals surface area contributed by atoms with Crippen LogP contribution in [0.2, 0.25) is 0 Å². The summed E-state index contributed by atoms with van der Waals surface area (Å²) in [5.41, 5.74) is 0. The Morgan fingerprint density at radius 1 is 0.344 bits per heavy atom. The Morgan fingerprint density at radius 3 is 1.03 bits per heavy atom. The lowest BCUT2D eigenvalue weighted by Crippen LogP contribution is -2.30. The fraction of sp³-hybridized carbons (Fsp3) is 0.691. The molecule has 348 valence electrons. The minimum Gasteiger partial charge on any atom is -0.462 e. The quantitative estimate of drug-likeness (QED) is 0.0263. The van der Waals surface area contributed by atoms with Crippen LogP contribution < -0.4 is 0 Å². The molecule has 61 heavy (non-hydrogen) atoms. The molecular formula is C55H92O6. The molecule has 0 rings (SSSR count). The Balaban J connectivity index is 4.51. The highest BCUT2D eigenvalue weighted by Gasteiger charge is 2.19. The molecule has 1 atom stereocenters. The molecule has 0 aliphatic heterocycles. The molecule has 6 heteroatoms. The zero-order chi connectivity index (χ0) is 44.4. The maximum absolute atomic E-state index is 12.8. The van der Waals surface area contributed by atoms with E-state index in [1.807, 2.05) is 48.6 Å². The molecule has 0 bridgehead atoms. The van der Waals surface area contributed by atoms with Crippen LogP contribution in [0.3, 0.4) is 0 Å². The predicted octanol–water partition coefficient (Wildman–Crippen LogP) is 16.4. The van der Waals surface area contributed by atoms with Crippen molar-refractivity contribution >= 4 is 17.9 Å². The molecule has 0 aromatic rings. The summed E-state index contributed by atoms with van der Waals surface area (Å²) >= 11 is 0. The zero-order valence-corrected chi connectivity index (χ0v) is 39.7. The molecular weight excluding hydrogens is 757 g/mol. The van der Waals surface area contributed by atoms with E-state index in [4.69, 9.17) is 14.2 Å². The third-order valence-corrected chi connectivity index (χ3v) is 10.5. The van der Waals surface area contributed by atoms with E-state index in [0.717, 1.165) is 77.0 Å². The van der Waals surface area contributed by atoms with Gasteiger partial charge in [0.1, 0.15) is 13.2 Å². The number of allylic oxidation sites excluding steroid dienone is 14. The van der Waals surface area contributed by atoms with Crippen LogP contribution in [0, 0.1) is 0 Å². The Kier molecular flexibility index (Phi) is 46.5. The van der Waals surface area contributed by atoms with Crippen molar-refractivity contribution in [2.45, 2.75) is 232 Å². The third-order valence-electron chi connectivity index (χ3n) is 10.5. The Bertz CT molecular complexity index is 1200. The average molecular weight is 849 g/mol. The van der Waals surface area contributed by atoms with Crippen molar-refractivity contribution in [3.63, 3.8) is 0 Å². The van der Waals surface area contributed by atoms with Crippen molar-refractivity contribution in [1.82, 2.24) is 0 Å². The van der Waals surface area contributed by atoms with Crippen molar-refractivity contribution in [3.05, 3.63) is 85.1 Å². The largest absolute Gasteiger partial charge is 0.462 e. The number of hydrogen-bond donors (Lipinski definition) is 0. The van der Waals surface area contributed by atoms with Gasteiger partial charge in [-0.25, -0.2) is 0 Å². The van der Waals surface area contributed by atoms with Gasteiger partial charge in [0, 0.05) is 19.3 Å². The normalized spacial score (nSPS) is 12.8. The summed E-state index contributed by atoms with van der Waals surface area (Å²) < 4.78 is 16.7. The molecule has 0 heterocycles. The maximum Gasteiger partial charge on any atom is 0.306 e. The van der Waals surface area contributed by atoms with E-state index in [9.17, 15) is 14.4 Å². The summed E-state index contributed by atoms with van der Waals surface area (Å²) in [4.78, 5) is 37.9. The van der Waals surface area contributed by atoms with Crippen LogP contribution in [0.15, 0.2) is 85.1 Å². The monoisotopic (exact) mass is 849 g/mol. The summed E-state index contributed by atoms with van der Waals surface area (Å²) in [5.74, 6) is -0.973. The highest BCUT2D eigenvalue weighted by molar-refractivity contribution is 5.71. The first-order chi connectivity index (χ1) is 30.0. The lowest BCUT2D eigenvalue weighted by Gasteiger charge is -2.18. The molecule has 0 aromatic heterocycles. The van der Waals surface area contributed by atoms with Gasteiger partial charge in [0.25, 0.3) is 0 Å². The molecule has 0 aromatic carbocycles. The van der Waals surface area contributed by atoms with Gasteiger partial charge in [-0.15, -0.1) is 0 Å². The van der Waals surface area contributed by atoms with E-state index in [1.165, 1.54) is 103 Å². The van der Waals surface area contributed by atoms with Gasteiger partial charge >= 0.3 is 17.9 Å². The third kappa shape index (κ3) is 47.5. The highest BCUT2D eigenvalue weighted by atomic mass is 16.6. The summed E-state index contributed by atoms with van der Waals surface area (Å²) in [6, 6.07) is 0.